The van der Waals surface area contributed by atoms with Gasteiger partial charge in [0.15, 0.2) is 9.84 Å². The second kappa shape index (κ2) is 4.82. The van der Waals surface area contributed by atoms with Crippen LogP contribution < -0.4 is 4.90 Å². The molecule has 0 radical (unpaired) electrons. The molecule has 17 heavy (non-hydrogen) atoms. The van der Waals surface area contributed by atoms with E-state index in [0.717, 1.165) is 19.4 Å². The molecule has 0 aromatic carbocycles. The first kappa shape index (κ1) is 12.6. The lowest BCUT2D eigenvalue weighted by Crippen LogP contribution is -2.32. The Morgan fingerprint density at radius 2 is 2.35 bits per heavy atom. The molecule has 0 amide bonds. The molecule has 0 bridgehead atoms. The summed E-state index contributed by atoms with van der Waals surface area (Å²) < 4.78 is 23.4. The molecule has 1 aromatic heterocycles. The van der Waals surface area contributed by atoms with Crippen molar-refractivity contribution in [2.24, 2.45) is 0 Å². The topological polar surface area (TPSA) is 50.3 Å². The summed E-state index contributed by atoms with van der Waals surface area (Å²) in [7, 11) is -3.25. The van der Waals surface area contributed by atoms with Crippen LogP contribution in [0.5, 0.6) is 0 Å². The molecule has 1 unspecified atom stereocenters. The predicted molar refractivity (Wildman–Crippen MR) is 68.4 cm³/mol. The summed E-state index contributed by atoms with van der Waals surface area (Å²) in [6.45, 7) is 0.816. The average Bonchev–Trinajstić information content (AvgIpc) is 2.75. The van der Waals surface area contributed by atoms with E-state index in [1.54, 1.807) is 18.3 Å². The van der Waals surface area contributed by atoms with Gasteiger partial charge in [0, 0.05) is 30.9 Å². The minimum absolute atomic E-state index is 0.187. The van der Waals surface area contributed by atoms with Gasteiger partial charge in [0.1, 0.15) is 10.7 Å². The predicted octanol–water partition coefficient (Wildman–Crippen LogP) is 1.69. The molecule has 1 atom stereocenters. The molecule has 2 rings (SSSR count). The Morgan fingerprint density at radius 3 is 3.00 bits per heavy atom. The minimum atomic E-state index is -3.25. The average molecular weight is 275 g/mol. The lowest BCUT2D eigenvalue weighted by Gasteiger charge is -2.25. The minimum Gasteiger partial charge on any atom is -0.351 e. The molecule has 1 aliphatic rings. The summed E-state index contributed by atoms with van der Waals surface area (Å²) in [6, 6.07) is 3.43. The van der Waals surface area contributed by atoms with E-state index in [1.807, 2.05) is 4.90 Å². The first-order valence-electron chi connectivity index (χ1n) is 5.51. The Kier molecular flexibility index (Phi) is 3.58. The van der Waals surface area contributed by atoms with Crippen LogP contribution in [0.25, 0.3) is 0 Å². The number of hydrogen-bond donors (Lipinski definition) is 0. The van der Waals surface area contributed by atoms with Crippen LogP contribution in [0.1, 0.15) is 12.8 Å². The van der Waals surface area contributed by atoms with Gasteiger partial charge >= 0.3 is 0 Å². The first-order chi connectivity index (χ1) is 8.04. The summed E-state index contributed by atoms with van der Waals surface area (Å²) in [5.74, 6) is 1.04. The van der Waals surface area contributed by atoms with Crippen molar-refractivity contribution in [3.63, 3.8) is 0 Å². The van der Waals surface area contributed by atoms with Crippen LogP contribution >= 0.6 is 11.6 Å². The normalized spacial score (nSPS) is 20.8. The number of alkyl halides is 1. The molecular weight excluding hydrogens is 260 g/mol. The zero-order valence-corrected chi connectivity index (χ0v) is 11.2. The van der Waals surface area contributed by atoms with Gasteiger partial charge in [-0.3, -0.25) is 0 Å². The van der Waals surface area contributed by atoms with Gasteiger partial charge < -0.3 is 4.90 Å². The van der Waals surface area contributed by atoms with Crippen LogP contribution in [0, 0.1) is 0 Å². The number of aromatic nitrogens is 1. The summed E-state index contributed by atoms with van der Waals surface area (Å²) in [5.41, 5.74) is 0. The number of rotatable bonds is 3. The van der Waals surface area contributed by atoms with E-state index in [4.69, 9.17) is 11.6 Å². The number of nitrogens with zero attached hydrogens (tertiary/aromatic N) is 2. The van der Waals surface area contributed by atoms with E-state index < -0.39 is 9.84 Å². The molecule has 2 heterocycles. The molecule has 94 valence electrons. The smallest absolute Gasteiger partial charge is 0.179 e. The van der Waals surface area contributed by atoms with E-state index >= 15 is 0 Å². The van der Waals surface area contributed by atoms with Crippen molar-refractivity contribution in [1.29, 1.82) is 0 Å². The monoisotopic (exact) mass is 274 g/mol. The Hall–Kier alpha value is -0.810. The fourth-order valence-electron chi connectivity index (χ4n) is 2.16. The Bertz CT molecular complexity index is 504. The highest BCUT2D eigenvalue weighted by molar-refractivity contribution is 7.90. The summed E-state index contributed by atoms with van der Waals surface area (Å²) in [5, 5.41) is 0. The molecule has 1 fully saturated rings. The third-order valence-electron chi connectivity index (χ3n) is 2.98. The molecule has 6 heteroatoms. The Morgan fingerprint density at radius 1 is 1.59 bits per heavy atom. The molecule has 0 spiro atoms. The van der Waals surface area contributed by atoms with Gasteiger partial charge in [-0.25, -0.2) is 13.4 Å². The first-order valence-corrected chi connectivity index (χ1v) is 7.94. The summed E-state index contributed by atoms with van der Waals surface area (Å²) in [4.78, 5) is 6.51. The van der Waals surface area contributed by atoms with Gasteiger partial charge in [-0.15, -0.1) is 11.6 Å². The molecule has 1 aromatic rings. The van der Waals surface area contributed by atoms with Crippen molar-refractivity contribution in [1.82, 2.24) is 4.98 Å². The van der Waals surface area contributed by atoms with Gasteiger partial charge in [0.25, 0.3) is 0 Å². The van der Waals surface area contributed by atoms with E-state index in [9.17, 15) is 8.42 Å². The maximum absolute atomic E-state index is 11.7. The summed E-state index contributed by atoms with van der Waals surface area (Å²) >= 11 is 5.90. The van der Waals surface area contributed by atoms with Crippen LogP contribution in [0.2, 0.25) is 0 Å². The van der Waals surface area contributed by atoms with Crippen molar-refractivity contribution in [3.8, 4) is 0 Å². The zero-order valence-electron chi connectivity index (χ0n) is 9.63. The standard InChI is InChI=1S/C11H15ClN2O2S/c1-17(15,16)10-5-2-6-13-11(10)14-7-3-4-9(14)8-12/h2,5-6,9H,3-4,7-8H2,1H3. The van der Waals surface area contributed by atoms with Crippen molar-refractivity contribution >= 4 is 27.3 Å². The molecular formula is C11H15ClN2O2S. The van der Waals surface area contributed by atoms with E-state index in [0.29, 0.717) is 11.7 Å². The van der Waals surface area contributed by atoms with Crippen LogP contribution in [0.15, 0.2) is 23.2 Å². The highest BCUT2D eigenvalue weighted by atomic mass is 35.5. The van der Waals surface area contributed by atoms with Gasteiger partial charge in [0.05, 0.1) is 0 Å². The lowest BCUT2D eigenvalue weighted by molar-refractivity contribution is 0.600. The van der Waals surface area contributed by atoms with Crippen LogP contribution in [-0.4, -0.2) is 38.1 Å². The van der Waals surface area contributed by atoms with Crippen LogP contribution in [-0.2, 0) is 9.84 Å². The maximum atomic E-state index is 11.7. The quantitative estimate of drug-likeness (QED) is 0.787. The number of pyridine rings is 1. The number of hydrogen-bond acceptors (Lipinski definition) is 4. The second-order valence-electron chi connectivity index (χ2n) is 4.24. The molecule has 1 saturated heterocycles. The van der Waals surface area contributed by atoms with Crippen molar-refractivity contribution in [3.05, 3.63) is 18.3 Å². The molecule has 0 N–H and O–H groups in total. The fourth-order valence-corrected chi connectivity index (χ4v) is 3.31. The van der Waals surface area contributed by atoms with E-state index in [2.05, 4.69) is 4.98 Å². The van der Waals surface area contributed by atoms with E-state index in [-0.39, 0.29) is 10.9 Å². The molecule has 0 aliphatic carbocycles. The molecule has 0 saturated carbocycles. The third kappa shape index (κ3) is 2.55. The Labute approximate surface area is 107 Å². The lowest BCUT2D eigenvalue weighted by atomic mass is 10.2. The number of anilines is 1. The van der Waals surface area contributed by atoms with Crippen molar-refractivity contribution in [2.75, 3.05) is 23.6 Å². The number of halogens is 1. The van der Waals surface area contributed by atoms with Crippen LogP contribution in [0.3, 0.4) is 0 Å². The third-order valence-corrected chi connectivity index (χ3v) is 4.45. The maximum Gasteiger partial charge on any atom is 0.179 e. The summed E-state index contributed by atoms with van der Waals surface area (Å²) in [6.07, 6.45) is 4.84. The highest BCUT2D eigenvalue weighted by Gasteiger charge is 2.28. The van der Waals surface area contributed by atoms with Crippen molar-refractivity contribution < 1.29 is 8.42 Å². The molecule has 4 nitrogen and oxygen atoms in total. The van der Waals surface area contributed by atoms with Crippen molar-refractivity contribution in [2.45, 2.75) is 23.8 Å². The largest absolute Gasteiger partial charge is 0.351 e. The SMILES string of the molecule is CS(=O)(=O)c1cccnc1N1CCCC1CCl. The number of sulfone groups is 1. The van der Waals surface area contributed by atoms with Gasteiger partial charge in [-0.05, 0) is 25.0 Å². The van der Waals surface area contributed by atoms with Crippen LogP contribution in [0.4, 0.5) is 5.82 Å². The zero-order chi connectivity index (χ0) is 12.5. The van der Waals surface area contributed by atoms with E-state index in [1.165, 1.54) is 6.26 Å². The fraction of sp³-hybridized carbons (Fsp3) is 0.545. The molecule has 1 aliphatic heterocycles. The van der Waals surface area contributed by atoms with Gasteiger partial charge in [-0.1, -0.05) is 0 Å². The second-order valence-corrected chi connectivity index (χ2v) is 6.53. The van der Waals surface area contributed by atoms with Gasteiger partial charge in [0.2, 0.25) is 0 Å². The highest BCUT2D eigenvalue weighted by Crippen LogP contribution is 2.29. The Balaban J connectivity index is 2.45. The van der Waals surface area contributed by atoms with Gasteiger partial charge in [-0.2, -0.15) is 0 Å².